The molecule has 4 nitrogen and oxygen atoms in total. The van der Waals surface area contributed by atoms with E-state index in [0.29, 0.717) is 6.20 Å². The van der Waals surface area contributed by atoms with Crippen LogP contribution in [0.5, 0.6) is 0 Å². The molecular formula is C9H7BrF3NO3. The van der Waals surface area contributed by atoms with Crippen LogP contribution in [0, 0.1) is 0 Å². The second kappa shape index (κ2) is 4.91. The van der Waals surface area contributed by atoms with Crippen LogP contribution in [-0.2, 0) is 10.9 Å². The van der Waals surface area contributed by atoms with Gasteiger partial charge in [0.1, 0.15) is 0 Å². The molecule has 0 amide bonds. The highest BCUT2D eigenvalue weighted by molar-refractivity contribution is 9.10. The fourth-order valence-electron chi connectivity index (χ4n) is 1.13. The molecule has 0 atom stereocenters. The van der Waals surface area contributed by atoms with Crippen molar-refractivity contribution in [3.05, 3.63) is 32.2 Å². The second-order valence-corrected chi connectivity index (χ2v) is 3.73. The number of nitrogens with one attached hydrogen (secondary N) is 1. The minimum atomic E-state index is -4.76. The smallest absolute Gasteiger partial charge is 0.418 e. The number of esters is 1. The van der Waals surface area contributed by atoms with Gasteiger partial charge in [0.15, 0.2) is 0 Å². The summed E-state index contributed by atoms with van der Waals surface area (Å²) in [4.78, 5) is 24.4. The molecule has 1 N–H and O–H groups in total. The quantitative estimate of drug-likeness (QED) is 0.853. The van der Waals surface area contributed by atoms with Gasteiger partial charge in [-0.1, -0.05) is 0 Å². The molecule has 1 rings (SSSR count). The van der Waals surface area contributed by atoms with Gasteiger partial charge in [-0.05, 0) is 22.9 Å². The van der Waals surface area contributed by atoms with E-state index in [1.807, 2.05) is 4.98 Å². The van der Waals surface area contributed by atoms with E-state index in [1.54, 1.807) is 0 Å². The first-order valence-corrected chi connectivity index (χ1v) is 5.23. The summed E-state index contributed by atoms with van der Waals surface area (Å²) in [5.74, 6) is -1.20. The zero-order valence-corrected chi connectivity index (χ0v) is 10.1. The van der Waals surface area contributed by atoms with Crippen molar-refractivity contribution < 1.29 is 22.7 Å². The molecule has 1 heterocycles. The Balaban J connectivity index is 3.48. The lowest BCUT2D eigenvalue weighted by molar-refractivity contribution is -0.138. The third-order valence-electron chi connectivity index (χ3n) is 1.82. The fraction of sp³-hybridized carbons (Fsp3) is 0.333. The van der Waals surface area contributed by atoms with Gasteiger partial charge >= 0.3 is 12.1 Å². The summed E-state index contributed by atoms with van der Waals surface area (Å²) < 4.78 is 41.8. The van der Waals surface area contributed by atoms with Crippen molar-refractivity contribution in [3.8, 4) is 0 Å². The topological polar surface area (TPSA) is 59.2 Å². The molecular weight excluding hydrogens is 307 g/mol. The van der Waals surface area contributed by atoms with Crippen LogP contribution in [0.15, 0.2) is 15.5 Å². The normalized spacial score (nSPS) is 11.4. The molecule has 1 aromatic rings. The summed E-state index contributed by atoms with van der Waals surface area (Å²) in [5.41, 5.74) is -2.90. The molecule has 0 saturated heterocycles. The van der Waals surface area contributed by atoms with Crippen LogP contribution in [0.3, 0.4) is 0 Å². The Labute approximate surface area is 102 Å². The highest BCUT2D eigenvalue weighted by Gasteiger charge is 2.37. The number of carbonyl (C=O) groups is 1. The number of ether oxygens (including phenoxy) is 1. The maximum atomic E-state index is 12.6. The van der Waals surface area contributed by atoms with Gasteiger partial charge in [0.25, 0.3) is 5.56 Å². The van der Waals surface area contributed by atoms with Gasteiger partial charge in [-0.2, -0.15) is 13.2 Å². The number of carbonyl (C=O) groups excluding carboxylic acids is 1. The zero-order chi connectivity index (χ0) is 13.2. The summed E-state index contributed by atoms with van der Waals surface area (Å²) >= 11 is 2.65. The zero-order valence-electron chi connectivity index (χ0n) is 8.52. The first kappa shape index (κ1) is 13.8. The number of aromatic amines is 1. The molecule has 94 valence electrons. The predicted molar refractivity (Wildman–Crippen MR) is 55.7 cm³/mol. The third-order valence-corrected chi connectivity index (χ3v) is 2.58. The van der Waals surface area contributed by atoms with Gasteiger partial charge < -0.3 is 9.72 Å². The maximum absolute atomic E-state index is 12.6. The van der Waals surface area contributed by atoms with Crippen LogP contribution in [0.1, 0.15) is 22.8 Å². The third kappa shape index (κ3) is 2.87. The average molecular weight is 314 g/mol. The number of halogens is 4. The molecule has 1 aromatic heterocycles. The lowest BCUT2D eigenvalue weighted by Crippen LogP contribution is -2.22. The average Bonchev–Trinajstić information content (AvgIpc) is 2.20. The van der Waals surface area contributed by atoms with Crippen LogP contribution >= 0.6 is 15.9 Å². The van der Waals surface area contributed by atoms with Crippen LogP contribution in [-0.4, -0.2) is 17.6 Å². The maximum Gasteiger partial charge on any atom is 0.418 e. The number of hydrogen-bond acceptors (Lipinski definition) is 3. The number of hydrogen-bond donors (Lipinski definition) is 1. The second-order valence-electron chi connectivity index (χ2n) is 2.94. The van der Waals surface area contributed by atoms with Crippen molar-refractivity contribution in [3.63, 3.8) is 0 Å². The minimum absolute atomic E-state index is 0.0879. The number of H-pyrrole nitrogens is 1. The molecule has 8 heteroatoms. The van der Waals surface area contributed by atoms with Crippen molar-refractivity contribution in [2.75, 3.05) is 6.61 Å². The molecule has 17 heavy (non-hydrogen) atoms. The fourth-order valence-corrected chi connectivity index (χ4v) is 1.62. The molecule has 0 spiro atoms. The molecule has 0 aliphatic rings. The van der Waals surface area contributed by atoms with E-state index >= 15 is 0 Å². The molecule has 0 unspecified atom stereocenters. The van der Waals surface area contributed by atoms with Gasteiger partial charge in [-0.25, -0.2) is 4.79 Å². The molecule has 0 radical (unpaired) electrons. The molecule has 0 bridgehead atoms. The predicted octanol–water partition coefficient (Wildman–Crippen LogP) is 2.33. The Morgan fingerprint density at radius 3 is 2.59 bits per heavy atom. The van der Waals surface area contributed by atoms with Gasteiger partial charge in [-0.15, -0.1) is 0 Å². The number of rotatable bonds is 2. The van der Waals surface area contributed by atoms with E-state index in [0.717, 1.165) is 0 Å². The molecule has 0 aliphatic heterocycles. The summed E-state index contributed by atoms with van der Waals surface area (Å²) in [5, 5.41) is 0. The standard InChI is InChI=1S/C9H7BrF3NO3/c1-2-17-8(16)5-4(9(11,12)13)3-14-7(15)6(5)10/h3H,2H2,1H3,(H,14,15). The molecule has 0 saturated carbocycles. The van der Waals surface area contributed by atoms with Crippen LogP contribution in [0.4, 0.5) is 13.2 Å². The highest BCUT2D eigenvalue weighted by atomic mass is 79.9. The first-order chi connectivity index (χ1) is 7.79. The van der Waals surface area contributed by atoms with Gasteiger partial charge in [0, 0.05) is 6.20 Å². The van der Waals surface area contributed by atoms with Gasteiger partial charge in [-0.3, -0.25) is 4.79 Å². The van der Waals surface area contributed by atoms with Gasteiger partial charge in [0.2, 0.25) is 0 Å². The van der Waals surface area contributed by atoms with Gasteiger partial charge in [0.05, 0.1) is 22.2 Å². The van der Waals surface area contributed by atoms with E-state index < -0.39 is 33.3 Å². The Morgan fingerprint density at radius 2 is 2.12 bits per heavy atom. The number of pyridine rings is 1. The monoisotopic (exact) mass is 313 g/mol. The van der Waals surface area contributed by atoms with E-state index in [9.17, 15) is 22.8 Å². The number of aromatic nitrogens is 1. The summed E-state index contributed by atoms with van der Waals surface area (Å²) in [6, 6.07) is 0. The van der Waals surface area contributed by atoms with Crippen LogP contribution in [0.2, 0.25) is 0 Å². The Morgan fingerprint density at radius 1 is 1.53 bits per heavy atom. The lowest BCUT2D eigenvalue weighted by atomic mass is 10.1. The lowest BCUT2D eigenvalue weighted by Gasteiger charge is -2.12. The minimum Gasteiger partial charge on any atom is -0.462 e. The van der Waals surface area contributed by atoms with E-state index in [1.165, 1.54) is 6.92 Å². The largest absolute Gasteiger partial charge is 0.462 e. The molecule has 0 fully saturated rings. The molecule has 0 aliphatic carbocycles. The Bertz CT molecular complexity index is 495. The van der Waals surface area contributed by atoms with Crippen molar-refractivity contribution >= 4 is 21.9 Å². The molecule has 0 aromatic carbocycles. The van der Waals surface area contributed by atoms with E-state index in [2.05, 4.69) is 20.7 Å². The van der Waals surface area contributed by atoms with E-state index in [-0.39, 0.29) is 6.61 Å². The highest BCUT2D eigenvalue weighted by Crippen LogP contribution is 2.33. The van der Waals surface area contributed by atoms with Crippen LogP contribution in [0.25, 0.3) is 0 Å². The first-order valence-electron chi connectivity index (χ1n) is 4.44. The van der Waals surface area contributed by atoms with Crippen molar-refractivity contribution in [2.45, 2.75) is 13.1 Å². The van der Waals surface area contributed by atoms with Crippen LogP contribution < -0.4 is 5.56 Å². The Hall–Kier alpha value is -1.31. The summed E-state index contributed by atoms with van der Waals surface area (Å²) in [6.45, 7) is 1.36. The SMILES string of the molecule is CCOC(=O)c1c(C(F)(F)F)c[nH]c(=O)c1Br. The summed E-state index contributed by atoms with van der Waals surface area (Å²) in [6.07, 6.45) is -4.31. The summed E-state index contributed by atoms with van der Waals surface area (Å²) in [7, 11) is 0. The Kier molecular flexibility index (Phi) is 3.97. The van der Waals surface area contributed by atoms with Crippen molar-refractivity contribution in [1.82, 2.24) is 4.98 Å². The number of alkyl halides is 3. The van der Waals surface area contributed by atoms with Crippen molar-refractivity contribution in [1.29, 1.82) is 0 Å². The van der Waals surface area contributed by atoms with Crippen molar-refractivity contribution in [2.24, 2.45) is 0 Å². The van der Waals surface area contributed by atoms with E-state index in [4.69, 9.17) is 0 Å².